The van der Waals surface area contributed by atoms with Gasteiger partial charge in [0, 0.05) is 78.0 Å². The van der Waals surface area contributed by atoms with E-state index >= 15 is 0 Å². The molecular weight excluding hydrogens is 1130 g/mol. The number of fused-ring (bicyclic) bond motifs is 11. The van der Waals surface area contributed by atoms with Crippen molar-refractivity contribution in [2.24, 2.45) is 0 Å². The Hall–Kier alpha value is -10.4. The average molecular weight is 1210 g/mol. The van der Waals surface area contributed by atoms with Gasteiger partial charge in [0.2, 0.25) is 0 Å². The third-order valence-corrected chi connectivity index (χ3v) is 20.2. The van der Waals surface area contributed by atoms with Gasteiger partial charge in [-0.25, -0.2) is 0 Å². The van der Waals surface area contributed by atoms with Crippen LogP contribution in [0.3, 0.4) is 0 Å². The molecule has 93 heavy (non-hydrogen) atoms. The molecule has 4 nitrogen and oxygen atoms in total. The monoisotopic (exact) mass is 1210 g/mol. The molecule has 0 radical (unpaired) electrons. The van der Waals surface area contributed by atoms with Crippen LogP contribution in [0.2, 0.25) is 0 Å². The predicted molar refractivity (Wildman–Crippen MR) is 394 cm³/mol. The van der Waals surface area contributed by atoms with E-state index in [1.165, 1.54) is 89.4 Å². The van der Waals surface area contributed by atoms with Crippen molar-refractivity contribution in [3.63, 3.8) is 0 Å². The maximum Gasteiger partial charge on any atom is 0.143 e. The van der Waals surface area contributed by atoms with Crippen molar-refractivity contribution < 1.29 is 8.83 Å². The fourth-order valence-corrected chi connectivity index (χ4v) is 15.4. The van der Waals surface area contributed by atoms with Gasteiger partial charge in [0.25, 0.3) is 0 Å². The number of nitrogens with zero attached hydrogens (tertiary/aromatic N) is 2. The lowest BCUT2D eigenvalue weighted by molar-refractivity contribution is 0.635. The highest BCUT2D eigenvalue weighted by molar-refractivity contribution is 6.10. The Morgan fingerprint density at radius 1 is 0.505 bits per heavy atom. The standard InChI is InChI=1S/C89H78N2O2/c1-9-59(69-35-25-37-74-72-33-19-22-41-83(72)92-86(69)74)44-43-58(4)90(66-51-46-63(47-52-66)61-27-14-12-15-28-61)68-31-24-40-82(85-78(55-68)77-57-80-76(56-81(77)89(85,7)8)71-32-18-21-39-79(71)88(80,5)6)91(67-53-48-64(49-54-67)62-29-16-13-17-30-62)65(11-3)50-45-60(10-2)70-36-26-38-75-73-34-20-23-42-84(73)93-87(70)75/h9,12-23,25-30,32-58H,10-11,24,31H2,1-8H3/b44-43-,59-9+,60-45+,65-50+,68-55+,82-40?. The van der Waals surface area contributed by atoms with Crippen molar-refractivity contribution in [1.82, 2.24) is 0 Å². The molecule has 1 atom stereocenters. The molecule has 0 saturated carbocycles. The van der Waals surface area contributed by atoms with E-state index in [0.29, 0.717) is 0 Å². The topological polar surface area (TPSA) is 32.8 Å². The molecule has 0 amide bonds. The van der Waals surface area contributed by atoms with Gasteiger partial charge in [-0.05, 0) is 178 Å². The van der Waals surface area contributed by atoms with Gasteiger partial charge >= 0.3 is 0 Å². The Balaban J connectivity index is 0.931. The smallest absolute Gasteiger partial charge is 0.143 e. The summed E-state index contributed by atoms with van der Waals surface area (Å²) in [4.78, 5) is 5.22. The molecule has 0 saturated heterocycles. The second kappa shape index (κ2) is 24.0. The summed E-state index contributed by atoms with van der Waals surface area (Å²) in [5.74, 6) is 0. The second-order valence-electron chi connectivity index (χ2n) is 26.3. The van der Waals surface area contributed by atoms with E-state index in [0.717, 1.165) is 97.6 Å². The van der Waals surface area contributed by atoms with Gasteiger partial charge in [0.1, 0.15) is 22.3 Å². The molecule has 10 aromatic carbocycles. The first-order valence-corrected chi connectivity index (χ1v) is 33.3. The lowest BCUT2D eigenvalue weighted by atomic mass is 9.77. The first kappa shape index (κ1) is 58.9. The largest absolute Gasteiger partial charge is 0.455 e. The number of anilines is 2. The van der Waals surface area contributed by atoms with Gasteiger partial charge in [-0.2, -0.15) is 0 Å². The minimum atomic E-state index is -0.444. The summed E-state index contributed by atoms with van der Waals surface area (Å²) in [5.41, 5.74) is 28.9. The van der Waals surface area contributed by atoms with Crippen LogP contribution in [-0.2, 0) is 10.8 Å². The highest BCUT2D eigenvalue weighted by Gasteiger charge is 2.45. The molecule has 456 valence electrons. The minimum absolute atomic E-state index is 0.0721. The Bertz CT molecular complexity index is 5110. The van der Waals surface area contributed by atoms with Gasteiger partial charge in [-0.15, -0.1) is 0 Å². The van der Waals surface area contributed by atoms with Gasteiger partial charge in [0.15, 0.2) is 0 Å². The molecule has 0 spiro atoms. The average Bonchev–Trinajstić information content (AvgIpc) is 1.54. The van der Waals surface area contributed by atoms with E-state index in [-0.39, 0.29) is 11.5 Å². The molecule has 12 aromatic rings. The van der Waals surface area contributed by atoms with Crippen LogP contribution in [0.1, 0.15) is 114 Å². The highest BCUT2D eigenvalue weighted by Crippen LogP contribution is 2.58. The van der Waals surface area contributed by atoms with Crippen molar-refractivity contribution in [2.45, 2.75) is 97.9 Å². The normalized spacial score (nSPS) is 16.2. The van der Waals surface area contributed by atoms with Crippen LogP contribution in [0, 0.1) is 0 Å². The zero-order valence-electron chi connectivity index (χ0n) is 54.6. The Labute approximate surface area is 547 Å². The van der Waals surface area contributed by atoms with E-state index in [1.54, 1.807) is 0 Å². The Kier molecular flexibility index (Phi) is 15.2. The van der Waals surface area contributed by atoms with Gasteiger partial charge in [-0.3, -0.25) is 0 Å². The number of para-hydroxylation sites is 4. The predicted octanol–water partition coefficient (Wildman–Crippen LogP) is 24.6. The van der Waals surface area contributed by atoms with E-state index in [2.05, 4.69) is 338 Å². The Morgan fingerprint density at radius 2 is 1.04 bits per heavy atom. The molecule has 0 bridgehead atoms. The van der Waals surface area contributed by atoms with E-state index in [4.69, 9.17) is 8.83 Å². The lowest BCUT2D eigenvalue weighted by Crippen LogP contribution is -2.32. The van der Waals surface area contributed by atoms with Crippen LogP contribution in [0.25, 0.3) is 94.0 Å². The number of benzene rings is 10. The summed E-state index contributed by atoms with van der Waals surface area (Å²) in [5, 5.41) is 4.54. The lowest BCUT2D eigenvalue weighted by Gasteiger charge is -2.37. The molecule has 3 aliphatic rings. The molecule has 3 aliphatic carbocycles. The van der Waals surface area contributed by atoms with Crippen LogP contribution >= 0.6 is 0 Å². The third kappa shape index (κ3) is 10.2. The zero-order valence-corrected chi connectivity index (χ0v) is 54.6. The van der Waals surface area contributed by atoms with Gasteiger partial charge in [0.05, 0.1) is 0 Å². The quantitative estimate of drug-likeness (QED) is 0.0958. The van der Waals surface area contributed by atoms with Crippen molar-refractivity contribution in [3.05, 3.63) is 329 Å². The molecular formula is C89H78N2O2. The number of hydrogen-bond acceptors (Lipinski definition) is 4. The van der Waals surface area contributed by atoms with Crippen LogP contribution in [-0.4, -0.2) is 6.04 Å². The highest BCUT2D eigenvalue weighted by atomic mass is 16.3. The maximum atomic E-state index is 6.70. The second-order valence-corrected chi connectivity index (χ2v) is 26.3. The fraction of sp³-hybridized carbons (Fsp3) is 0.169. The van der Waals surface area contributed by atoms with E-state index < -0.39 is 5.41 Å². The molecule has 1 unspecified atom stereocenters. The molecule has 0 N–H and O–H groups in total. The molecule has 0 fully saturated rings. The van der Waals surface area contributed by atoms with Crippen molar-refractivity contribution in [1.29, 1.82) is 0 Å². The summed E-state index contributed by atoms with van der Waals surface area (Å²) < 4.78 is 13.4. The summed E-state index contributed by atoms with van der Waals surface area (Å²) in [6.45, 7) is 18.9. The third-order valence-electron chi connectivity index (χ3n) is 20.2. The summed E-state index contributed by atoms with van der Waals surface area (Å²) in [6, 6.07) is 84.2. The molecule has 2 aromatic heterocycles. The van der Waals surface area contributed by atoms with Crippen molar-refractivity contribution >= 4 is 72.0 Å². The zero-order chi connectivity index (χ0) is 63.5. The van der Waals surface area contributed by atoms with Crippen molar-refractivity contribution in [3.8, 4) is 33.4 Å². The van der Waals surface area contributed by atoms with Crippen LogP contribution in [0.15, 0.2) is 305 Å². The number of rotatable bonds is 15. The summed E-state index contributed by atoms with van der Waals surface area (Å²) in [7, 11) is 0. The molecule has 0 aliphatic heterocycles. The van der Waals surface area contributed by atoms with E-state index in [1.807, 2.05) is 0 Å². The molecule has 15 rings (SSSR count). The minimum Gasteiger partial charge on any atom is -0.455 e. The first-order valence-electron chi connectivity index (χ1n) is 33.3. The fourth-order valence-electron chi connectivity index (χ4n) is 15.4. The SMILES string of the molecule is C/C=C(\C=C/C(C)N(/C1=C/C2=C(C(N(/C(=C/C=C(\CC)c3cccc4c3oc3ccccc34)CC)c3ccc(-c4ccccc4)cc3)=CCC1)C(C)(C)c1cc3c(cc12)C(C)(C)c1ccccc1-3)c1ccc(-c2ccccc2)cc1)c1cccc2c1oc1ccccc12. The van der Waals surface area contributed by atoms with Crippen LogP contribution < -0.4 is 9.80 Å². The number of hydrogen-bond donors (Lipinski definition) is 0. The number of furan rings is 2. The Morgan fingerprint density at radius 3 is 1.67 bits per heavy atom. The van der Waals surface area contributed by atoms with Gasteiger partial charge < -0.3 is 18.6 Å². The van der Waals surface area contributed by atoms with Crippen LogP contribution in [0.5, 0.6) is 0 Å². The molecule has 2 heterocycles. The first-order chi connectivity index (χ1) is 45.4. The van der Waals surface area contributed by atoms with Crippen molar-refractivity contribution in [2.75, 3.05) is 9.80 Å². The maximum absolute atomic E-state index is 6.70. The number of allylic oxidation sites excluding steroid dienone is 12. The summed E-state index contributed by atoms with van der Waals surface area (Å²) >= 11 is 0. The van der Waals surface area contributed by atoms with Gasteiger partial charge in [-0.1, -0.05) is 254 Å². The van der Waals surface area contributed by atoms with E-state index in [9.17, 15) is 0 Å². The molecule has 4 heteroatoms. The van der Waals surface area contributed by atoms with Crippen LogP contribution in [0.4, 0.5) is 11.4 Å². The summed E-state index contributed by atoms with van der Waals surface area (Å²) in [6.07, 6.45) is 20.1.